The average Bonchev–Trinajstić information content (AvgIpc) is 3.04. The lowest BCUT2D eigenvalue weighted by molar-refractivity contribution is 0.390. The maximum absolute atomic E-state index is 11.4. The first-order valence-corrected chi connectivity index (χ1v) is 10.0. The molecular formula is C18H16Cl2N2O2S. The molecule has 3 rings (SSSR count). The van der Waals surface area contributed by atoms with E-state index in [4.69, 9.17) is 27.7 Å². The molecule has 0 spiro atoms. The first kappa shape index (κ1) is 18.0. The number of hydrogen-bond acceptors (Lipinski definition) is 4. The smallest absolute Gasteiger partial charge is 0.156 e. The Labute approximate surface area is 158 Å². The molecule has 0 aliphatic carbocycles. The number of nitrogens with one attached hydrogen (secondary N) is 1. The molecule has 1 atom stereocenters. The molecule has 0 saturated carbocycles. The van der Waals surface area contributed by atoms with Gasteiger partial charge in [-0.05, 0) is 29.8 Å². The minimum Gasteiger partial charge on any atom is -0.376 e. The van der Waals surface area contributed by atoms with E-state index < -0.39 is 10.8 Å². The summed E-state index contributed by atoms with van der Waals surface area (Å²) in [6.07, 6.45) is 1.68. The number of aromatic nitrogens is 1. The third-order valence-corrected chi connectivity index (χ3v) is 4.87. The van der Waals surface area contributed by atoms with Crippen LogP contribution in [0.25, 0.3) is 11.3 Å². The van der Waals surface area contributed by atoms with Gasteiger partial charge in [0.25, 0.3) is 0 Å². The largest absolute Gasteiger partial charge is 0.376 e. The third-order valence-electron chi connectivity index (χ3n) is 3.55. The highest BCUT2D eigenvalue weighted by atomic mass is 35.5. The van der Waals surface area contributed by atoms with Gasteiger partial charge in [-0.3, -0.25) is 4.21 Å². The highest BCUT2D eigenvalue weighted by molar-refractivity contribution is 7.83. The number of anilines is 1. The summed E-state index contributed by atoms with van der Waals surface area (Å²) in [6.45, 7) is 0.443. The van der Waals surface area contributed by atoms with Crippen molar-refractivity contribution in [2.45, 2.75) is 12.3 Å². The zero-order valence-electron chi connectivity index (χ0n) is 13.5. The summed E-state index contributed by atoms with van der Waals surface area (Å²) < 4.78 is 16.7. The van der Waals surface area contributed by atoms with Gasteiger partial charge in [-0.25, -0.2) is 0 Å². The molecule has 4 nitrogen and oxygen atoms in total. The van der Waals surface area contributed by atoms with Crippen LogP contribution in [0.4, 0.5) is 5.69 Å². The lowest BCUT2D eigenvalue weighted by atomic mass is 10.1. The van der Waals surface area contributed by atoms with Gasteiger partial charge in [0.15, 0.2) is 5.76 Å². The molecule has 0 bridgehead atoms. The second-order valence-electron chi connectivity index (χ2n) is 5.57. The van der Waals surface area contributed by atoms with E-state index in [1.165, 1.54) is 0 Å². The lowest BCUT2D eigenvalue weighted by Crippen LogP contribution is -2.00. The van der Waals surface area contributed by atoms with Gasteiger partial charge in [-0.15, -0.1) is 0 Å². The lowest BCUT2D eigenvalue weighted by Gasteiger charge is -2.08. The molecule has 2 aromatic carbocycles. The van der Waals surface area contributed by atoms with Crippen molar-refractivity contribution in [1.29, 1.82) is 0 Å². The van der Waals surface area contributed by atoms with Crippen LogP contribution in [-0.4, -0.2) is 15.6 Å². The number of nitrogens with zero attached hydrogens (tertiary/aromatic N) is 1. The van der Waals surface area contributed by atoms with Crippen molar-refractivity contribution in [2.24, 2.45) is 0 Å². The molecule has 25 heavy (non-hydrogen) atoms. The predicted octanol–water partition coefficient (Wildman–Crippen LogP) is 5.14. The van der Waals surface area contributed by atoms with Crippen LogP contribution in [0.2, 0.25) is 10.0 Å². The average molecular weight is 395 g/mol. The van der Waals surface area contributed by atoms with E-state index in [2.05, 4.69) is 10.5 Å². The summed E-state index contributed by atoms with van der Waals surface area (Å²) in [5.74, 6) is 1.18. The molecule has 1 aromatic heterocycles. The normalized spacial score (nSPS) is 12.1. The number of halogens is 2. The van der Waals surface area contributed by atoms with Crippen molar-refractivity contribution in [2.75, 3.05) is 11.6 Å². The Morgan fingerprint density at radius 1 is 1.12 bits per heavy atom. The summed E-state index contributed by atoms with van der Waals surface area (Å²) in [7, 11) is -0.900. The zero-order chi connectivity index (χ0) is 17.8. The monoisotopic (exact) mass is 394 g/mol. The fraction of sp³-hybridized carbons (Fsp3) is 0.167. The molecule has 1 N–H and O–H groups in total. The summed E-state index contributed by atoms with van der Waals surface area (Å²) in [6, 6.07) is 14.9. The quantitative estimate of drug-likeness (QED) is 0.628. The number of hydrogen-bond donors (Lipinski definition) is 1. The predicted molar refractivity (Wildman–Crippen MR) is 103 cm³/mol. The Morgan fingerprint density at radius 2 is 1.88 bits per heavy atom. The fourth-order valence-corrected chi connectivity index (χ4v) is 3.33. The van der Waals surface area contributed by atoms with E-state index in [0.717, 1.165) is 22.5 Å². The molecule has 0 fully saturated rings. The topological polar surface area (TPSA) is 55.1 Å². The first-order valence-electron chi connectivity index (χ1n) is 7.55. The second kappa shape index (κ2) is 8.04. The SMILES string of the molecule is C[S@@](=O)Cc1ccc(Cl)c(NCc2cc(-c3ccc(Cl)cc3)no2)c1. The van der Waals surface area contributed by atoms with Gasteiger partial charge < -0.3 is 9.84 Å². The first-order chi connectivity index (χ1) is 12.0. The van der Waals surface area contributed by atoms with E-state index in [1.54, 1.807) is 12.3 Å². The second-order valence-corrected chi connectivity index (χ2v) is 7.85. The van der Waals surface area contributed by atoms with Crippen LogP contribution >= 0.6 is 23.2 Å². The Hall–Kier alpha value is -1.82. The molecular weight excluding hydrogens is 379 g/mol. The molecule has 1 heterocycles. The summed E-state index contributed by atoms with van der Waals surface area (Å²) >= 11 is 12.1. The van der Waals surface area contributed by atoms with Crippen LogP contribution in [-0.2, 0) is 23.1 Å². The van der Waals surface area contributed by atoms with Gasteiger partial charge >= 0.3 is 0 Å². The summed E-state index contributed by atoms with van der Waals surface area (Å²) in [5, 5.41) is 8.59. The van der Waals surface area contributed by atoms with Crippen molar-refractivity contribution < 1.29 is 8.73 Å². The summed E-state index contributed by atoms with van der Waals surface area (Å²) in [4.78, 5) is 0. The maximum atomic E-state index is 11.4. The zero-order valence-corrected chi connectivity index (χ0v) is 15.8. The van der Waals surface area contributed by atoms with Gasteiger partial charge in [-0.1, -0.05) is 46.6 Å². The van der Waals surface area contributed by atoms with E-state index >= 15 is 0 Å². The van der Waals surface area contributed by atoms with Crippen molar-refractivity contribution in [1.82, 2.24) is 5.16 Å². The molecule has 0 radical (unpaired) electrons. The van der Waals surface area contributed by atoms with Crippen molar-refractivity contribution in [3.05, 3.63) is 69.9 Å². The minimum absolute atomic E-state index is 0.443. The van der Waals surface area contributed by atoms with Crippen LogP contribution in [0, 0.1) is 0 Å². The fourth-order valence-electron chi connectivity index (χ4n) is 2.37. The van der Waals surface area contributed by atoms with E-state index in [9.17, 15) is 4.21 Å². The van der Waals surface area contributed by atoms with E-state index in [-0.39, 0.29) is 0 Å². The molecule has 0 unspecified atom stereocenters. The molecule has 3 aromatic rings. The minimum atomic E-state index is -0.900. The van der Waals surface area contributed by atoms with Crippen molar-refractivity contribution in [3.8, 4) is 11.3 Å². The van der Waals surface area contributed by atoms with Crippen LogP contribution in [0.5, 0.6) is 0 Å². The van der Waals surface area contributed by atoms with Crippen LogP contribution in [0.3, 0.4) is 0 Å². The third kappa shape index (κ3) is 4.84. The van der Waals surface area contributed by atoms with Crippen LogP contribution < -0.4 is 5.32 Å². The number of benzene rings is 2. The molecule has 0 amide bonds. The van der Waals surface area contributed by atoms with E-state index in [0.29, 0.717) is 28.1 Å². The molecule has 7 heteroatoms. The molecule has 0 aliphatic heterocycles. The van der Waals surface area contributed by atoms with Crippen LogP contribution in [0.1, 0.15) is 11.3 Å². The van der Waals surface area contributed by atoms with Gasteiger partial charge in [0.2, 0.25) is 0 Å². The van der Waals surface area contributed by atoms with Gasteiger partial charge in [0.05, 0.1) is 17.3 Å². The molecule has 130 valence electrons. The van der Waals surface area contributed by atoms with Crippen LogP contribution in [0.15, 0.2) is 53.1 Å². The van der Waals surface area contributed by atoms with Gasteiger partial charge in [0.1, 0.15) is 5.69 Å². The Balaban J connectivity index is 1.70. The Morgan fingerprint density at radius 3 is 2.60 bits per heavy atom. The Kier molecular flexibility index (Phi) is 5.78. The standard InChI is InChI=1S/C18H16Cl2N2O2S/c1-25(23)11-12-2-7-16(20)18(8-12)21-10-15-9-17(22-24-15)13-3-5-14(19)6-4-13/h2-9,21H,10-11H2,1H3/t25-/m1/s1. The summed E-state index contributed by atoms with van der Waals surface area (Å²) in [5.41, 5.74) is 3.42. The molecule has 0 aliphatic rings. The molecule has 0 saturated heterocycles. The van der Waals surface area contributed by atoms with Crippen molar-refractivity contribution in [3.63, 3.8) is 0 Å². The maximum Gasteiger partial charge on any atom is 0.156 e. The van der Waals surface area contributed by atoms with E-state index in [1.807, 2.05) is 42.5 Å². The highest BCUT2D eigenvalue weighted by Gasteiger charge is 2.08. The van der Waals surface area contributed by atoms with Gasteiger partial charge in [0, 0.05) is 39.5 Å². The number of rotatable bonds is 6. The van der Waals surface area contributed by atoms with Crippen molar-refractivity contribution >= 4 is 39.7 Å². The Bertz CT molecular complexity index is 894. The van der Waals surface area contributed by atoms with Gasteiger partial charge in [-0.2, -0.15) is 0 Å². The highest BCUT2D eigenvalue weighted by Crippen LogP contribution is 2.25.